The number of hydrogen-bond donors (Lipinski definition) is 2. The van der Waals surface area contributed by atoms with Crippen molar-refractivity contribution >= 4 is 19.3 Å². The summed E-state index contributed by atoms with van der Waals surface area (Å²) in [5.41, 5.74) is 5.27. The van der Waals surface area contributed by atoms with Gasteiger partial charge in [0.1, 0.15) is 6.61 Å². The highest BCUT2D eigenvalue weighted by atomic mass is 16.7. The number of aromatic amines is 1. The van der Waals surface area contributed by atoms with E-state index in [1.807, 2.05) is 58.9 Å². The average molecular weight is 512 g/mol. The lowest BCUT2D eigenvalue weighted by molar-refractivity contribution is 0.00578. The minimum absolute atomic E-state index is 0.0305. The second kappa shape index (κ2) is 9.93. The molecule has 2 aliphatic rings. The molecule has 196 valence electrons. The van der Waals surface area contributed by atoms with Crippen molar-refractivity contribution in [2.45, 2.75) is 51.7 Å². The van der Waals surface area contributed by atoms with Gasteiger partial charge in [0.25, 0.3) is 5.56 Å². The first kappa shape index (κ1) is 26.0. The lowest BCUT2D eigenvalue weighted by Crippen LogP contribution is -2.41. The third-order valence-electron chi connectivity index (χ3n) is 7.75. The summed E-state index contributed by atoms with van der Waals surface area (Å²) < 4.78 is 18.2. The van der Waals surface area contributed by atoms with Gasteiger partial charge in [-0.15, -0.1) is 0 Å². The van der Waals surface area contributed by atoms with Gasteiger partial charge >= 0.3 is 13.2 Å². The maximum Gasteiger partial charge on any atom is 0.492 e. The summed E-state index contributed by atoms with van der Waals surface area (Å²) in [4.78, 5) is 28.1. The number of rotatable bonds is 6. The van der Waals surface area contributed by atoms with Gasteiger partial charge in [-0.3, -0.25) is 4.79 Å². The van der Waals surface area contributed by atoms with Gasteiger partial charge in [-0.25, -0.2) is 4.79 Å². The number of alkyl carbamates (subject to hydrolysis) is 1. The molecule has 0 atom stereocenters. The molecule has 3 aromatic rings. The van der Waals surface area contributed by atoms with Crippen LogP contribution >= 0.6 is 0 Å². The van der Waals surface area contributed by atoms with Crippen LogP contribution in [-0.4, -0.2) is 42.5 Å². The molecule has 0 bridgehead atoms. The van der Waals surface area contributed by atoms with Crippen LogP contribution in [0, 0.1) is 6.92 Å². The Morgan fingerprint density at radius 3 is 2.21 bits per heavy atom. The largest absolute Gasteiger partial charge is 0.492 e. The van der Waals surface area contributed by atoms with Gasteiger partial charge in [-0.05, 0) is 74.0 Å². The van der Waals surface area contributed by atoms with Crippen LogP contribution < -0.4 is 10.9 Å². The van der Waals surface area contributed by atoms with E-state index in [-0.39, 0.29) is 24.6 Å². The molecule has 1 fully saturated rings. The highest BCUT2D eigenvalue weighted by Gasteiger charge is 2.52. The fourth-order valence-electron chi connectivity index (χ4n) is 4.94. The van der Waals surface area contributed by atoms with E-state index in [2.05, 4.69) is 34.6 Å². The molecule has 0 radical (unpaired) electrons. The van der Waals surface area contributed by atoms with Crippen LogP contribution in [0.3, 0.4) is 0 Å². The number of carbonyl (C=O) groups excluding carboxylic acids is 1. The minimum Gasteiger partial charge on any atom is -0.449 e. The minimum atomic E-state index is -0.728. The predicted molar refractivity (Wildman–Crippen MR) is 149 cm³/mol. The first-order valence-corrected chi connectivity index (χ1v) is 12.9. The molecule has 5 rings (SSSR count). The summed E-state index contributed by atoms with van der Waals surface area (Å²) in [5, 5.41) is 2.84. The Morgan fingerprint density at radius 2 is 1.61 bits per heavy atom. The summed E-state index contributed by atoms with van der Waals surface area (Å²) in [6.45, 7) is 10.1. The van der Waals surface area contributed by atoms with Crippen LogP contribution in [0.1, 0.15) is 55.9 Å². The van der Waals surface area contributed by atoms with Crippen molar-refractivity contribution in [1.82, 2.24) is 10.3 Å². The van der Waals surface area contributed by atoms with Gasteiger partial charge in [0.05, 0.1) is 11.2 Å². The lowest BCUT2D eigenvalue weighted by Gasteiger charge is -2.32. The van der Waals surface area contributed by atoms with Crippen molar-refractivity contribution in [3.63, 3.8) is 0 Å². The van der Waals surface area contributed by atoms with Gasteiger partial charge in [-0.1, -0.05) is 54.6 Å². The average Bonchev–Trinajstić information content (AvgIpc) is 3.31. The lowest BCUT2D eigenvalue weighted by atomic mass is 9.77. The predicted octanol–water partition coefficient (Wildman–Crippen LogP) is 5.24. The zero-order valence-electron chi connectivity index (χ0n) is 22.5. The highest BCUT2D eigenvalue weighted by molar-refractivity contribution is 6.56. The Labute approximate surface area is 223 Å². The summed E-state index contributed by atoms with van der Waals surface area (Å²) in [6.07, 6.45) is 2.83. The molecule has 2 N–H and O–H groups in total. The molecule has 0 unspecified atom stereocenters. The molecule has 2 aromatic carbocycles. The molecule has 0 saturated carbocycles. The molecule has 2 heterocycles. The van der Waals surface area contributed by atoms with E-state index in [1.54, 1.807) is 18.3 Å². The molecule has 1 saturated heterocycles. The van der Waals surface area contributed by atoms with Gasteiger partial charge in [0.2, 0.25) is 0 Å². The Kier molecular flexibility index (Phi) is 6.80. The van der Waals surface area contributed by atoms with Crippen LogP contribution in [0.2, 0.25) is 0 Å². The third kappa shape index (κ3) is 4.94. The molecule has 1 amide bonds. The zero-order valence-corrected chi connectivity index (χ0v) is 22.5. The summed E-state index contributed by atoms with van der Waals surface area (Å²) in [5.74, 6) is -0.0305. The van der Waals surface area contributed by atoms with Crippen LogP contribution in [0.15, 0.2) is 71.1 Å². The summed E-state index contributed by atoms with van der Waals surface area (Å²) >= 11 is 0. The van der Waals surface area contributed by atoms with E-state index in [4.69, 9.17) is 14.0 Å². The quantitative estimate of drug-likeness (QED) is 0.441. The van der Waals surface area contributed by atoms with Crippen molar-refractivity contribution < 1.29 is 18.8 Å². The summed E-state index contributed by atoms with van der Waals surface area (Å²) in [6, 6.07) is 18.2. The SMILES string of the molecule is Cc1c[nH]c(=O)c(C=C(CNC(=O)OCC2c3ccccc3-c3ccccc32)B2OC(C)(C)C(C)(C)O2)c1. The van der Waals surface area contributed by atoms with Crippen LogP contribution in [0.5, 0.6) is 0 Å². The Balaban J connectivity index is 1.32. The van der Waals surface area contributed by atoms with Gasteiger partial charge in [-0.2, -0.15) is 0 Å². The molecule has 8 heteroatoms. The Morgan fingerprint density at radius 1 is 1.03 bits per heavy atom. The number of aromatic nitrogens is 1. The zero-order chi connectivity index (χ0) is 27.1. The first-order valence-electron chi connectivity index (χ1n) is 12.9. The van der Waals surface area contributed by atoms with Crippen molar-refractivity contribution in [1.29, 1.82) is 0 Å². The van der Waals surface area contributed by atoms with Crippen molar-refractivity contribution in [2.75, 3.05) is 13.2 Å². The van der Waals surface area contributed by atoms with E-state index >= 15 is 0 Å². The van der Waals surface area contributed by atoms with E-state index < -0.39 is 24.4 Å². The van der Waals surface area contributed by atoms with Crippen LogP contribution in [0.25, 0.3) is 17.2 Å². The smallest absolute Gasteiger partial charge is 0.449 e. The maximum absolute atomic E-state index is 12.9. The second-order valence-electron chi connectivity index (χ2n) is 10.9. The third-order valence-corrected chi connectivity index (χ3v) is 7.75. The molecular formula is C30H33BN2O5. The molecule has 38 heavy (non-hydrogen) atoms. The number of aryl methyl sites for hydroxylation is 1. The van der Waals surface area contributed by atoms with Crippen LogP contribution in [0.4, 0.5) is 4.79 Å². The fourth-order valence-corrected chi connectivity index (χ4v) is 4.94. The molecule has 0 spiro atoms. The van der Waals surface area contributed by atoms with Crippen molar-refractivity contribution in [2.24, 2.45) is 0 Å². The number of H-pyrrole nitrogens is 1. The normalized spacial score (nSPS) is 17.7. The van der Waals surface area contributed by atoms with Crippen molar-refractivity contribution in [3.8, 4) is 11.1 Å². The molecule has 1 aliphatic carbocycles. The highest BCUT2D eigenvalue weighted by Crippen LogP contribution is 2.44. The Hall–Kier alpha value is -3.62. The second-order valence-corrected chi connectivity index (χ2v) is 10.9. The topological polar surface area (TPSA) is 89.7 Å². The van der Waals surface area contributed by atoms with Crippen molar-refractivity contribution in [3.05, 3.63) is 98.9 Å². The van der Waals surface area contributed by atoms with E-state index in [1.165, 1.54) is 11.1 Å². The molecule has 1 aliphatic heterocycles. The standard InChI is InChI=1S/C30H33BN2O5/c1-19-14-20(27(34)32-16-19)15-21(31-37-29(2,3)30(4,5)38-31)17-33-28(35)36-18-26-24-12-8-6-10-22(24)23-11-7-9-13-25(23)26/h6-16,26H,17-18H2,1-5H3,(H,32,34)(H,33,35). The summed E-state index contributed by atoms with van der Waals surface area (Å²) in [7, 11) is -0.728. The number of nitrogens with one attached hydrogen (secondary N) is 2. The number of amides is 1. The number of ether oxygens (including phenoxy) is 1. The number of hydrogen-bond acceptors (Lipinski definition) is 5. The molecule has 1 aromatic heterocycles. The maximum atomic E-state index is 12.9. The number of carbonyl (C=O) groups is 1. The van der Waals surface area contributed by atoms with Crippen LogP contribution in [-0.2, 0) is 14.0 Å². The number of fused-ring (bicyclic) bond motifs is 3. The van der Waals surface area contributed by atoms with E-state index in [9.17, 15) is 9.59 Å². The fraction of sp³-hybridized carbons (Fsp3) is 0.333. The van der Waals surface area contributed by atoms with Gasteiger partial charge in [0.15, 0.2) is 0 Å². The van der Waals surface area contributed by atoms with Gasteiger partial charge < -0.3 is 24.3 Å². The van der Waals surface area contributed by atoms with E-state index in [0.717, 1.165) is 16.7 Å². The van der Waals surface area contributed by atoms with Gasteiger partial charge in [0, 0.05) is 24.2 Å². The first-order chi connectivity index (χ1) is 18.1. The number of pyridine rings is 1. The number of benzene rings is 2. The molecule has 7 nitrogen and oxygen atoms in total. The van der Waals surface area contributed by atoms with E-state index in [0.29, 0.717) is 11.0 Å². The Bertz CT molecular complexity index is 1400. The molecular weight excluding hydrogens is 479 g/mol. The monoisotopic (exact) mass is 512 g/mol.